The van der Waals surface area contributed by atoms with Crippen LogP contribution in [0.3, 0.4) is 0 Å². The maximum Gasteiger partial charge on any atom is 0.326 e. The molecule has 3 aromatic carbocycles. The fourth-order valence-corrected chi connectivity index (χ4v) is 6.17. The Balaban J connectivity index is 1.59. The lowest BCUT2D eigenvalue weighted by Gasteiger charge is -2.25. The summed E-state index contributed by atoms with van der Waals surface area (Å²) in [4.78, 5) is 27.7. The maximum atomic E-state index is 13.4. The van der Waals surface area contributed by atoms with Crippen molar-refractivity contribution in [3.63, 3.8) is 0 Å². The van der Waals surface area contributed by atoms with Crippen LogP contribution in [0.25, 0.3) is 11.1 Å². The first-order chi connectivity index (χ1) is 20.0. The van der Waals surface area contributed by atoms with Crippen LogP contribution in [-0.2, 0) is 21.2 Å². The topological polar surface area (TPSA) is 113 Å². The SMILES string of the molecule is CCC1C[C@@H](COc2ccccc2)N(Cc2ccc(C(=O)NC(CCS(C)(=O)=O)C(=O)O)c(-c3ccccc3C)c2)C1. The number of carbonyl (C=O) groups excluding carboxylic acids is 1. The molecule has 224 valence electrons. The third-order valence-electron chi connectivity index (χ3n) is 7.91. The van der Waals surface area contributed by atoms with Crippen LogP contribution in [-0.4, -0.2) is 67.5 Å². The van der Waals surface area contributed by atoms with Crippen LogP contribution >= 0.6 is 0 Å². The van der Waals surface area contributed by atoms with Crippen LogP contribution in [0.5, 0.6) is 5.75 Å². The molecular formula is C33H40N2O6S. The molecule has 1 aliphatic heterocycles. The van der Waals surface area contributed by atoms with Gasteiger partial charge >= 0.3 is 5.97 Å². The number of nitrogens with zero attached hydrogens (tertiary/aromatic N) is 1. The number of para-hydroxylation sites is 1. The average molecular weight is 593 g/mol. The van der Waals surface area contributed by atoms with Crippen molar-refractivity contribution in [2.45, 2.75) is 51.7 Å². The van der Waals surface area contributed by atoms with Gasteiger partial charge in [0.2, 0.25) is 0 Å². The van der Waals surface area contributed by atoms with Crippen molar-refractivity contribution < 1.29 is 27.9 Å². The van der Waals surface area contributed by atoms with Gasteiger partial charge in [-0.1, -0.05) is 61.9 Å². The van der Waals surface area contributed by atoms with Crippen LogP contribution in [0, 0.1) is 12.8 Å². The molecule has 2 N–H and O–H groups in total. The lowest BCUT2D eigenvalue weighted by atomic mass is 9.93. The van der Waals surface area contributed by atoms with Crippen LogP contribution in [0.1, 0.15) is 47.7 Å². The molecule has 0 bridgehead atoms. The quantitative estimate of drug-likeness (QED) is 0.289. The second-order valence-corrected chi connectivity index (χ2v) is 13.5. The summed E-state index contributed by atoms with van der Waals surface area (Å²) in [7, 11) is -3.39. The molecule has 42 heavy (non-hydrogen) atoms. The third kappa shape index (κ3) is 8.42. The number of hydrogen-bond acceptors (Lipinski definition) is 6. The van der Waals surface area contributed by atoms with Gasteiger partial charge in [0.1, 0.15) is 28.2 Å². The Labute approximate surface area is 248 Å². The summed E-state index contributed by atoms with van der Waals surface area (Å²) in [5, 5.41) is 12.2. The molecular weight excluding hydrogens is 552 g/mol. The zero-order valence-electron chi connectivity index (χ0n) is 24.5. The number of sulfone groups is 1. The predicted octanol–water partition coefficient (Wildman–Crippen LogP) is 4.96. The van der Waals surface area contributed by atoms with Gasteiger partial charge in [-0.2, -0.15) is 0 Å². The van der Waals surface area contributed by atoms with Crippen molar-refractivity contribution in [3.8, 4) is 16.9 Å². The Kier molecular flexibility index (Phi) is 10.4. The van der Waals surface area contributed by atoms with Gasteiger partial charge in [0.15, 0.2) is 0 Å². The monoisotopic (exact) mass is 592 g/mol. The van der Waals surface area contributed by atoms with E-state index < -0.39 is 27.8 Å². The van der Waals surface area contributed by atoms with Gasteiger partial charge in [-0.3, -0.25) is 9.69 Å². The van der Waals surface area contributed by atoms with Gasteiger partial charge in [-0.25, -0.2) is 13.2 Å². The third-order valence-corrected chi connectivity index (χ3v) is 8.88. The van der Waals surface area contributed by atoms with E-state index in [4.69, 9.17) is 4.74 Å². The standard InChI is InChI=1S/C33H40N2O6S/c1-4-24-18-26(22-41-27-11-6-5-7-12-27)35(20-24)21-25-14-15-29(30(19-25)28-13-9-8-10-23(28)2)32(36)34-31(33(37)38)16-17-42(3,39)40/h5-15,19,24,26,31H,4,16-18,20-22H2,1-3H3,(H,34,36)(H,37,38)/t24?,26-,31?/m0/s1. The van der Waals surface area contributed by atoms with Gasteiger partial charge in [0, 0.05) is 31.0 Å². The Bertz CT molecular complexity index is 1490. The van der Waals surface area contributed by atoms with E-state index in [9.17, 15) is 23.1 Å². The summed E-state index contributed by atoms with van der Waals surface area (Å²) >= 11 is 0. The molecule has 3 atom stereocenters. The highest BCUT2D eigenvalue weighted by atomic mass is 32.2. The first-order valence-electron chi connectivity index (χ1n) is 14.4. The van der Waals surface area contributed by atoms with Gasteiger partial charge in [-0.15, -0.1) is 0 Å². The molecule has 4 rings (SSSR count). The van der Waals surface area contributed by atoms with E-state index in [2.05, 4.69) is 17.1 Å². The smallest absolute Gasteiger partial charge is 0.326 e. The Morgan fingerprint density at radius 1 is 1.05 bits per heavy atom. The molecule has 2 unspecified atom stereocenters. The second kappa shape index (κ2) is 14.0. The normalized spacial score (nSPS) is 18.0. The zero-order valence-corrected chi connectivity index (χ0v) is 25.3. The van der Waals surface area contributed by atoms with Gasteiger partial charge in [-0.05, 0) is 72.2 Å². The Morgan fingerprint density at radius 3 is 2.43 bits per heavy atom. The van der Waals surface area contributed by atoms with Crippen LogP contribution in [0.4, 0.5) is 0 Å². The number of nitrogens with one attached hydrogen (secondary N) is 1. The van der Waals surface area contributed by atoms with Gasteiger partial charge in [0.05, 0.1) is 5.75 Å². The van der Waals surface area contributed by atoms with Crippen molar-refractivity contribution in [1.29, 1.82) is 0 Å². The number of rotatable bonds is 13. The largest absolute Gasteiger partial charge is 0.492 e. The lowest BCUT2D eigenvalue weighted by Crippen LogP contribution is -2.42. The van der Waals surface area contributed by atoms with E-state index in [0.29, 0.717) is 30.2 Å². The van der Waals surface area contributed by atoms with Crippen molar-refractivity contribution in [1.82, 2.24) is 10.2 Å². The number of ether oxygens (including phenoxy) is 1. The molecule has 1 saturated heterocycles. The zero-order chi connectivity index (χ0) is 30.3. The highest BCUT2D eigenvalue weighted by Crippen LogP contribution is 2.32. The summed E-state index contributed by atoms with van der Waals surface area (Å²) in [5.74, 6) is -0.732. The number of aryl methyl sites for hydroxylation is 1. The van der Waals surface area contributed by atoms with Gasteiger partial charge < -0.3 is 15.2 Å². The molecule has 9 heteroatoms. The van der Waals surface area contributed by atoms with Crippen LogP contribution in [0.2, 0.25) is 0 Å². The molecule has 0 aliphatic carbocycles. The molecule has 1 aliphatic rings. The molecule has 1 heterocycles. The van der Waals surface area contributed by atoms with E-state index in [1.54, 1.807) is 6.07 Å². The highest BCUT2D eigenvalue weighted by Gasteiger charge is 2.32. The minimum atomic E-state index is -3.39. The number of amides is 1. The van der Waals surface area contributed by atoms with Crippen molar-refractivity contribution >= 4 is 21.7 Å². The molecule has 1 amide bonds. The summed E-state index contributed by atoms with van der Waals surface area (Å²) in [6, 6.07) is 22.2. The van der Waals surface area contributed by atoms with E-state index in [1.165, 1.54) is 0 Å². The van der Waals surface area contributed by atoms with E-state index in [1.807, 2.05) is 73.7 Å². The van der Waals surface area contributed by atoms with Crippen LogP contribution < -0.4 is 10.1 Å². The Hall–Kier alpha value is -3.69. The van der Waals surface area contributed by atoms with Gasteiger partial charge in [0.25, 0.3) is 5.91 Å². The van der Waals surface area contributed by atoms with E-state index in [-0.39, 0.29) is 18.2 Å². The molecule has 0 saturated carbocycles. The first-order valence-corrected chi connectivity index (χ1v) is 16.4. The summed E-state index contributed by atoms with van der Waals surface area (Å²) < 4.78 is 29.4. The van der Waals surface area contributed by atoms with Crippen molar-refractivity contribution in [3.05, 3.63) is 89.5 Å². The fraction of sp³-hybridized carbons (Fsp3) is 0.394. The number of benzene rings is 3. The first kappa shape index (κ1) is 31.3. The minimum absolute atomic E-state index is 0.211. The number of carbonyl (C=O) groups is 2. The Morgan fingerprint density at radius 2 is 1.76 bits per heavy atom. The maximum absolute atomic E-state index is 13.4. The minimum Gasteiger partial charge on any atom is -0.492 e. The summed E-state index contributed by atoms with van der Waals surface area (Å²) in [5.41, 5.74) is 3.95. The number of hydrogen-bond donors (Lipinski definition) is 2. The summed E-state index contributed by atoms with van der Waals surface area (Å²) in [6.45, 7) is 6.43. The van der Waals surface area contributed by atoms with E-state index in [0.717, 1.165) is 48.1 Å². The number of likely N-dealkylation sites (tertiary alicyclic amines) is 1. The fourth-order valence-electron chi connectivity index (χ4n) is 5.51. The van der Waals surface area contributed by atoms with Crippen molar-refractivity contribution in [2.75, 3.05) is 25.2 Å². The average Bonchev–Trinajstić information content (AvgIpc) is 3.35. The predicted molar refractivity (Wildman–Crippen MR) is 164 cm³/mol. The number of aliphatic carboxylic acids is 1. The summed E-state index contributed by atoms with van der Waals surface area (Å²) in [6.07, 6.45) is 2.98. The highest BCUT2D eigenvalue weighted by molar-refractivity contribution is 7.90. The van der Waals surface area contributed by atoms with Crippen molar-refractivity contribution in [2.24, 2.45) is 5.92 Å². The number of carboxylic acids is 1. The molecule has 0 spiro atoms. The second-order valence-electron chi connectivity index (χ2n) is 11.2. The number of carboxylic acid groups (broad SMARTS) is 1. The molecule has 3 aromatic rings. The molecule has 0 aromatic heterocycles. The molecule has 8 nitrogen and oxygen atoms in total. The van der Waals surface area contributed by atoms with E-state index >= 15 is 0 Å². The lowest BCUT2D eigenvalue weighted by molar-refractivity contribution is -0.139. The van der Waals surface area contributed by atoms with Crippen LogP contribution in [0.15, 0.2) is 72.8 Å². The molecule has 0 radical (unpaired) electrons. The molecule has 1 fully saturated rings.